The number of nitrogens with zero attached hydrogens (tertiary/aromatic N) is 2. The van der Waals surface area contributed by atoms with Gasteiger partial charge in [0.1, 0.15) is 11.3 Å². The van der Waals surface area contributed by atoms with Crippen LogP contribution in [0.3, 0.4) is 0 Å². The Morgan fingerprint density at radius 3 is 2.48 bits per heavy atom. The standard InChI is InChI=1S/C23H23N3O3/c1-15-8-6-7-11-19(15)21-20(14-26(25-21)18-9-4-3-5-10-18)23(28)29-16(2)22(27)24-17-12-13-17/h3-11,14,16-17H,12-13H2,1-2H3,(H,24,27)/t16-/m1/s1. The molecule has 0 bridgehead atoms. The van der Waals surface area contributed by atoms with E-state index in [-0.39, 0.29) is 11.9 Å². The van der Waals surface area contributed by atoms with Crippen molar-refractivity contribution < 1.29 is 14.3 Å². The normalized spacial score (nSPS) is 14.3. The van der Waals surface area contributed by atoms with Crippen molar-refractivity contribution in [2.75, 3.05) is 0 Å². The predicted octanol–water partition coefficient (Wildman–Crippen LogP) is 3.67. The third-order valence-electron chi connectivity index (χ3n) is 4.93. The van der Waals surface area contributed by atoms with Crippen molar-refractivity contribution in [1.82, 2.24) is 15.1 Å². The minimum atomic E-state index is -0.868. The van der Waals surface area contributed by atoms with Gasteiger partial charge < -0.3 is 10.1 Å². The van der Waals surface area contributed by atoms with Crippen LogP contribution >= 0.6 is 0 Å². The number of aromatic nitrogens is 2. The van der Waals surface area contributed by atoms with Crippen molar-refractivity contribution in [2.24, 2.45) is 0 Å². The van der Waals surface area contributed by atoms with Crippen LogP contribution in [0.1, 0.15) is 35.7 Å². The van der Waals surface area contributed by atoms with Gasteiger partial charge in [0, 0.05) is 17.8 Å². The van der Waals surface area contributed by atoms with Crippen LogP contribution in [0.2, 0.25) is 0 Å². The number of amides is 1. The molecule has 0 radical (unpaired) electrons. The molecule has 1 amide bonds. The highest BCUT2D eigenvalue weighted by molar-refractivity contribution is 5.98. The molecule has 1 fully saturated rings. The van der Waals surface area contributed by atoms with E-state index in [1.165, 1.54) is 0 Å². The summed E-state index contributed by atoms with van der Waals surface area (Å²) in [6, 6.07) is 17.5. The fraction of sp³-hybridized carbons (Fsp3) is 0.261. The molecule has 0 unspecified atom stereocenters. The summed E-state index contributed by atoms with van der Waals surface area (Å²) in [5.41, 5.74) is 3.55. The lowest BCUT2D eigenvalue weighted by Gasteiger charge is -2.13. The highest BCUT2D eigenvalue weighted by atomic mass is 16.5. The van der Waals surface area contributed by atoms with Crippen LogP contribution in [0.15, 0.2) is 60.8 Å². The zero-order chi connectivity index (χ0) is 20.4. The van der Waals surface area contributed by atoms with Crippen LogP contribution in [-0.2, 0) is 9.53 Å². The van der Waals surface area contributed by atoms with Gasteiger partial charge in [-0.1, -0.05) is 42.5 Å². The first-order chi connectivity index (χ1) is 14.0. The molecule has 4 rings (SSSR count). The molecule has 0 aliphatic heterocycles. The van der Waals surface area contributed by atoms with Crippen molar-refractivity contribution in [1.29, 1.82) is 0 Å². The van der Waals surface area contributed by atoms with E-state index in [9.17, 15) is 9.59 Å². The predicted molar refractivity (Wildman–Crippen MR) is 110 cm³/mol. The molecule has 148 valence electrons. The second kappa shape index (κ2) is 7.91. The second-order valence-electron chi connectivity index (χ2n) is 7.32. The van der Waals surface area contributed by atoms with Gasteiger partial charge in [-0.2, -0.15) is 5.10 Å². The highest BCUT2D eigenvalue weighted by Gasteiger charge is 2.29. The first-order valence-electron chi connectivity index (χ1n) is 9.75. The van der Waals surface area contributed by atoms with Crippen molar-refractivity contribution in [3.8, 4) is 16.9 Å². The largest absolute Gasteiger partial charge is 0.449 e. The van der Waals surface area contributed by atoms with Crippen molar-refractivity contribution in [2.45, 2.75) is 38.8 Å². The number of carbonyl (C=O) groups is 2. The van der Waals surface area contributed by atoms with Crippen LogP contribution in [0.4, 0.5) is 0 Å². The molecule has 0 spiro atoms. The van der Waals surface area contributed by atoms with Gasteiger partial charge in [-0.05, 0) is 44.4 Å². The SMILES string of the molecule is Cc1ccccc1-c1nn(-c2ccccc2)cc1C(=O)O[C@H](C)C(=O)NC1CC1. The summed E-state index contributed by atoms with van der Waals surface area (Å²) >= 11 is 0. The summed E-state index contributed by atoms with van der Waals surface area (Å²) in [6.45, 7) is 3.56. The Morgan fingerprint density at radius 1 is 1.10 bits per heavy atom. The van der Waals surface area contributed by atoms with Gasteiger partial charge in [-0.25, -0.2) is 9.48 Å². The molecule has 1 aliphatic rings. The average molecular weight is 389 g/mol. The van der Waals surface area contributed by atoms with Crippen LogP contribution in [0.25, 0.3) is 16.9 Å². The maximum atomic E-state index is 13.0. The molecule has 1 atom stereocenters. The van der Waals surface area contributed by atoms with Gasteiger partial charge in [0.15, 0.2) is 6.10 Å². The van der Waals surface area contributed by atoms with E-state index in [1.807, 2.05) is 61.5 Å². The Morgan fingerprint density at radius 2 is 1.79 bits per heavy atom. The van der Waals surface area contributed by atoms with E-state index in [2.05, 4.69) is 10.4 Å². The monoisotopic (exact) mass is 389 g/mol. The third-order valence-corrected chi connectivity index (χ3v) is 4.93. The summed E-state index contributed by atoms with van der Waals surface area (Å²) in [5.74, 6) is -0.836. The minimum Gasteiger partial charge on any atom is -0.449 e. The van der Waals surface area contributed by atoms with Gasteiger partial charge in [-0.15, -0.1) is 0 Å². The fourth-order valence-corrected chi connectivity index (χ4v) is 3.10. The first kappa shape index (κ1) is 18.9. The molecule has 6 heteroatoms. The van der Waals surface area contributed by atoms with Crippen LogP contribution in [0, 0.1) is 6.92 Å². The smallest absolute Gasteiger partial charge is 0.342 e. The lowest BCUT2D eigenvalue weighted by atomic mass is 10.0. The van der Waals surface area contributed by atoms with E-state index in [4.69, 9.17) is 4.74 Å². The summed E-state index contributed by atoms with van der Waals surface area (Å²) in [7, 11) is 0. The molecule has 0 saturated heterocycles. The second-order valence-corrected chi connectivity index (χ2v) is 7.32. The number of hydrogen-bond donors (Lipinski definition) is 1. The Bertz CT molecular complexity index is 1040. The summed E-state index contributed by atoms with van der Waals surface area (Å²) < 4.78 is 7.13. The number of esters is 1. The minimum absolute atomic E-state index is 0.215. The van der Waals surface area contributed by atoms with Gasteiger partial charge in [0.05, 0.1) is 5.69 Å². The molecule has 29 heavy (non-hydrogen) atoms. The molecule has 1 saturated carbocycles. The highest BCUT2D eigenvalue weighted by Crippen LogP contribution is 2.27. The van der Waals surface area contributed by atoms with Gasteiger partial charge in [0.25, 0.3) is 5.91 Å². The number of nitrogens with one attached hydrogen (secondary N) is 1. The van der Waals surface area contributed by atoms with E-state index in [0.29, 0.717) is 11.3 Å². The Kier molecular flexibility index (Phi) is 5.16. The maximum absolute atomic E-state index is 13.0. The molecule has 1 heterocycles. The van der Waals surface area contributed by atoms with E-state index in [1.54, 1.807) is 17.8 Å². The van der Waals surface area contributed by atoms with Crippen molar-refractivity contribution in [3.05, 3.63) is 71.9 Å². The first-order valence-corrected chi connectivity index (χ1v) is 9.75. The molecule has 1 aromatic heterocycles. The summed E-state index contributed by atoms with van der Waals surface area (Å²) in [6.07, 6.45) is 2.75. The van der Waals surface area contributed by atoms with Crippen molar-refractivity contribution >= 4 is 11.9 Å². The fourth-order valence-electron chi connectivity index (χ4n) is 3.10. The molecule has 2 aromatic carbocycles. The average Bonchev–Trinajstić information content (AvgIpc) is 3.43. The number of hydrogen-bond acceptors (Lipinski definition) is 4. The number of carbonyl (C=O) groups excluding carboxylic acids is 2. The Balaban J connectivity index is 1.67. The van der Waals surface area contributed by atoms with Crippen LogP contribution in [0.5, 0.6) is 0 Å². The zero-order valence-electron chi connectivity index (χ0n) is 16.5. The number of aryl methyl sites for hydroxylation is 1. The van der Waals surface area contributed by atoms with E-state index >= 15 is 0 Å². The van der Waals surface area contributed by atoms with Crippen LogP contribution < -0.4 is 5.32 Å². The lowest BCUT2D eigenvalue weighted by molar-refractivity contribution is -0.129. The Hall–Kier alpha value is -3.41. The number of rotatable bonds is 6. The molecule has 3 aromatic rings. The van der Waals surface area contributed by atoms with Gasteiger partial charge in [-0.3, -0.25) is 4.79 Å². The zero-order valence-corrected chi connectivity index (χ0v) is 16.5. The third kappa shape index (κ3) is 4.21. The molecule has 1 aliphatic carbocycles. The molecule has 1 N–H and O–H groups in total. The van der Waals surface area contributed by atoms with Gasteiger partial charge >= 0.3 is 5.97 Å². The number of benzene rings is 2. The topological polar surface area (TPSA) is 73.2 Å². The van der Waals surface area contributed by atoms with Gasteiger partial charge in [0.2, 0.25) is 0 Å². The lowest BCUT2D eigenvalue weighted by Crippen LogP contribution is -2.37. The molecule has 6 nitrogen and oxygen atoms in total. The van der Waals surface area contributed by atoms with Crippen LogP contribution in [-0.4, -0.2) is 33.8 Å². The van der Waals surface area contributed by atoms with E-state index < -0.39 is 12.1 Å². The summed E-state index contributed by atoms with van der Waals surface area (Å²) in [4.78, 5) is 25.1. The Labute approximate surface area is 169 Å². The number of para-hydroxylation sites is 1. The maximum Gasteiger partial charge on any atom is 0.342 e. The molecular weight excluding hydrogens is 366 g/mol. The van der Waals surface area contributed by atoms with E-state index in [0.717, 1.165) is 29.7 Å². The van der Waals surface area contributed by atoms with Crippen molar-refractivity contribution in [3.63, 3.8) is 0 Å². The summed E-state index contributed by atoms with van der Waals surface area (Å²) in [5, 5.41) is 7.52. The quantitative estimate of drug-likeness (QED) is 0.653. The number of ether oxygens (including phenoxy) is 1. The molecular formula is C23H23N3O3.